The van der Waals surface area contributed by atoms with Crippen molar-refractivity contribution in [3.8, 4) is 11.3 Å². The van der Waals surface area contributed by atoms with Crippen LogP contribution in [0.25, 0.3) is 22.2 Å². The molecule has 0 spiro atoms. The van der Waals surface area contributed by atoms with E-state index in [2.05, 4.69) is 44.2 Å². The van der Waals surface area contributed by atoms with Crippen LogP contribution < -0.4 is 0 Å². The summed E-state index contributed by atoms with van der Waals surface area (Å²) in [5.74, 6) is -0.0625. The number of carbonyl (C=O) groups excluding carboxylic acids is 1. The van der Waals surface area contributed by atoms with Gasteiger partial charge in [-0.15, -0.1) is 35.9 Å². The van der Waals surface area contributed by atoms with E-state index in [0.29, 0.717) is 0 Å². The maximum atomic E-state index is 10.0. The molecule has 1 heterocycles. The van der Waals surface area contributed by atoms with Crippen molar-refractivity contribution in [1.29, 1.82) is 0 Å². The second kappa shape index (κ2) is 10.0. The molecule has 3 rings (SSSR count). The van der Waals surface area contributed by atoms with Crippen LogP contribution in [-0.2, 0) is 24.9 Å². The average molecular weight is 525 g/mol. The molecule has 1 radical (unpaired) electrons. The number of hydrogen-bond donors (Lipinski definition) is 1. The number of carbonyl (C=O) groups is 1. The van der Waals surface area contributed by atoms with Crippen molar-refractivity contribution < 1.29 is 30.0 Å². The Morgan fingerprint density at radius 1 is 1.08 bits per heavy atom. The van der Waals surface area contributed by atoms with Crippen LogP contribution >= 0.6 is 0 Å². The first kappa shape index (κ1) is 21.8. The summed E-state index contributed by atoms with van der Waals surface area (Å²) >= 11 is 0. The second-order valence-corrected chi connectivity index (χ2v) is 5.97. The first-order chi connectivity index (χ1) is 11.9. The quantitative estimate of drug-likeness (QED) is 0.279. The zero-order valence-corrected chi connectivity index (χ0v) is 17.7. The average Bonchev–Trinajstić information content (AvgIpc) is 2.56. The van der Waals surface area contributed by atoms with Gasteiger partial charge >= 0.3 is 0 Å². The number of aromatic nitrogens is 1. The molecule has 0 amide bonds. The van der Waals surface area contributed by atoms with E-state index < -0.39 is 0 Å². The molecular formula is C22H22IrNO2-. The first-order valence-corrected chi connectivity index (χ1v) is 8.10. The van der Waals surface area contributed by atoms with Crippen molar-refractivity contribution in [2.75, 3.05) is 0 Å². The number of para-hydroxylation sites is 1. The topological polar surface area (TPSA) is 50.2 Å². The number of benzene rings is 2. The predicted octanol–water partition coefficient (Wildman–Crippen LogP) is 5.35. The molecule has 2 aromatic carbocycles. The van der Waals surface area contributed by atoms with E-state index in [9.17, 15) is 4.79 Å². The Kier molecular flexibility index (Phi) is 8.37. The van der Waals surface area contributed by atoms with Gasteiger partial charge in [0, 0.05) is 31.6 Å². The number of ketones is 1. The fourth-order valence-corrected chi connectivity index (χ4v) is 2.55. The largest absolute Gasteiger partial charge is 0.512 e. The van der Waals surface area contributed by atoms with E-state index in [1.807, 2.05) is 24.3 Å². The summed E-state index contributed by atoms with van der Waals surface area (Å²) in [7, 11) is 0. The Balaban J connectivity index is 0.000000366. The summed E-state index contributed by atoms with van der Waals surface area (Å²) in [5.41, 5.74) is 5.61. The van der Waals surface area contributed by atoms with Gasteiger partial charge in [-0.25, -0.2) is 0 Å². The van der Waals surface area contributed by atoms with Crippen LogP contribution in [0.2, 0.25) is 0 Å². The van der Waals surface area contributed by atoms with Crippen molar-refractivity contribution in [1.82, 2.24) is 4.98 Å². The summed E-state index contributed by atoms with van der Waals surface area (Å²) in [6, 6.07) is 19.6. The SMILES string of the molecule is CC(=O)/C=C(/C)O.Cc1cc(-c2[c-]cccc2)nc2c(C)cccc12.[Ir]. The summed E-state index contributed by atoms with van der Waals surface area (Å²) in [5, 5.41) is 9.59. The molecule has 1 N–H and O–H groups in total. The van der Waals surface area contributed by atoms with Crippen LogP contribution in [0.4, 0.5) is 0 Å². The predicted molar refractivity (Wildman–Crippen MR) is 103 cm³/mol. The van der Waals surface area contributed by atoms with Gasteiger partial charge < -0.3 is 5.11 Å². The number of allylic oxidation sites excluding steroid dienone is 2. The van der Waals surface area contributed by atoms with Crippen LogP contribution in [0, 0.1) is 19.9 Å². The Morgan fingerprint density at radius 2 is 1.81 bits per heavy atom. The summed E-state index contributed by atoms with van der Waals surface area (Å²) in [6.07, 6.45) is 1.17. The van der Waals surface area contributed by atoms with Gasteiger partial charge in [0.15, 0.2) is 5.78 Å². The van der Waals surface area contributed by atoms with Gasteiger partial charge in [-0.1, -0.05) is 24.3 Å². The Morgan fingerprint density at radius 3 is 2.35 bits per heavy atom. The maximum Gasteiger partial charge on any atom is 0.155 e. The minimum Gasteiger partial charge on any atom is -0.512 e. The van der Waals surface area contributed by atoms with Crippen molar-refractivity contribution in [3.05, 3.63) is 77.6 Å². The van der Waals surface area contributed by atoms with Crippen molar-refractivity contribution >= 4 is 16.7 Å². The molecule has 0 atom stereocenters. The number of nitrogens with zero attached hydrogens (tertiary/aromatic N) is 1. The number of hydrogen-bond acceptors (Lipinski definition) is 3. The number of rotatable bonds is 2. The van der Waals surface area contributed by atoms with E-state index in [1.165, 1.54) is 36.4 Å². The molecule has 0 unspecified atom stereocenters. The standard InChI is InChI=1S/C17H14N.C5H8O2.Ir/c1-12-7-6-10-15-13(2)11-16(18-17(12)15)14-8-4-3-5-9-14;1-4(6)3-5(2)7;/h3-8,10-11H,1-2H3;3,6H,1-2H3;/q-1;;/b;4-3-;. The summed E-state index contributed by atoms with van der Waals surface area (Å²) < 4.78 is 0. The molecule has 137 valence electrons. The number of aliphatic hydroxyl groups is 1. The van der Waals surface area contributed by atoms with Gasteiger partial charge in [-0.2, -0.15) is 0 Å². The third-order valence-corrected chi connectivity index (χ3v) is 3.65. The van der Waals surface area contributed by atoms with Crippen molar-refractivity contribution in [2.24, 2.45) is 0 Å². The molecule has 0 saturated heterocycles. The molecule has 0 bridgehead atoms. The van der Waals surface area contributed by atoms with Gasteiger partial charge in [0.05, 0.1) is 11.3 Å². The van der Waals surface area contributed by atoms with Gasteiger partial charge in [0.2, 0.25) is 0 Å². The minimum absolute atomic E-state index is 0. The van der Waals surface area contributed by atoms with Crippen molar-refractivity contribution in [3.63, 3.8) is 0 Å². The van der Waals surface area contributed by atoms with E-state index >= 15 is 0 Å². The Labute approximate surface area is 168 Å². The molecule has 0 fully saturated rings. The fraction of sp³-hybridized carbons (Fsp3) is 0.182. The minimum atomic E-state index is -0.125. The third-order valence-electron chi connectivity index (χ3n) is 3.65. The molecule has 26 heavy (non-hydrogen) atoms. The molecule has 3 aromatic rings. The van der Waals surface area contributed by atoms with Crippen LogP contribution in [0.5, 0.6) is 0 Å². The second-order valence-electron chi connectivity index (χ2n) is 5.97. The van der Waals surface area contributed by atoms with Gasteiger partial charge in [0.1, 0.15) is 0 Å². The molecule has 0 aliphatic rings. The number of aryl methyl sites for hydroxylation is 2. The maximum absolute atomic E-state index is 10.0. The van der Waals surface area contributed by atoms with Gasteiger partial charge in [0.25, 0.3) is 0 Å². The van der Waals surface area contributed by atoms with E-state index in [0.717, 1.165) is 16.8 Å². The molecule has 4 heteroatoms. The Bertz CT molecular complexity index is 914. The summed E-state index contributed by atoms with van der Waals surface area (Å²) in [4.78, 5) is 14.8. The number of aliphatic hydroxyl groups excluding tert-OH is 1. The fourth-order valence-electron chi connectivity index (χ4n) is 2.55. The smallest absolute Gasteiger partial charge is 0.155 e. The van der Waals surface area contributed by atoms with Gasteiger partial charge in [-0.3, -0.25) is 9.78 Å². The number of fused-ring (bicyclic) bond motifs is 1. The van der Waals surface area contributed by atoms with E-state index in [1.54, 1.807) is 0 Å². The zero-order chi connectivity index (χ0) is 18.4. The molecule has 0 saturated carbocycles. The van der Waals surface area contributed by atoms with Gasteiger partial charge in [-0.05, 0) is 44.5 Å². The first-order valence-electron chi connectivity index (χ1n) is 8.10. The molecule has 1 aromatic heterocycles. The van der Waals surface area contributed by atoms with Crippen molar-refractivity contribution in [2.45, 2.75) is 27.7 Å². The Hall–Kier alpha value is -2.29. The van der Waals surface area contributed by atoms with Crippen LogP contribution in [-0.4, -0.2) is 15.9 Å². The van der Waals surface area contributed by atoms with E-state index in [4.69, 9.17) is 10.1 Å². The number of pyridine rings is 1. The zero-order valence-electron chi connectivity index (χ0n) is 15.3. The monoisotopic (exact) mass is 525 g/mol. The molecule has 0 aliphatic heterocycles. The third kappa shape index (κ3) is 5.90. The molecule has 0 aliphatic carbocycles. The molecule has 3 nitrogen and oxygen atoms in total. The normalized spacial score (nSPS) is 10.5. The van der Waals surface area contributed by atoms with Crippen LogP contribution in [0.15, 0.2) is 60.4 Å². The van der Waals surface area contributed by atoms with E-state index in [-0.39, 0.29) is 31.6 Å². The summed E-state index contributed by atoms with van der Waals surface area (Å²) in [6.45, 7) is 7.09. The van der Waals surface area contributed by atoms with Crippen LogP contribution in [0.1, 0.15) is 25.0 Å². The molecular weight excluding hydrogens is 502 g/mol. The van der Waals surface area contributed by atoms with Crippen LogP contribution in [0.3, 0.4) is 0 Å².